The van der Waals surface area contributed by atoms with Crippen molar-refractivity contribution in [1.82, 2.24) is 9.97 Å². The van der Waals surface area contributed by atoms with Crippen molar-refractivity contribution in [1.29, 1.82) is 5.26 Å². The van der Waals surface area contributed by atoms with E-state index in [1.165, 1.54) is 10.8 Å². The van der Waals surface area contributed by atoms with Crippen LogP contribution in [0.15, 0.2) is 48.7 Å². The second-order valence-corrected chi connectivity index (χ2v) is 4.46. The summed E-state index contributed by atoms with van der Waals surface area (Å²) < 4.78 is 0. The van der Waals surface area contributed by atoms with Crippen LogP contribution in [0.3, 0.4) is 0 Å². The van der Waals surface area contributed by atoms with Gasteiger partial charge in [-0.3, -0.25) is 0 Å². The second kappa shape index (κ2) is 4.95. The highest BCUT2D eigenvalue weighted by molar-refractivity contribution is 5.86. The molecule has 0 saturated heterocycles. The highest BCUT2D eigenvalue weighted by Gasteiger charge is 2.04. The van der Waals surface area contributed by atoms with Gasteiger partial charge in [-0.25, -0.2) is 4.98 Å². The van der Waals surface area contributed by atoms with Crippen molar-refractivity contribution in [2.75, 3.05) is 0 Å². The summed E-state index contributed by atoms with van der Waals surface area (Å²) in [5.74, 6) is 0.865. The minimum absolute atomic E-state index is 0.491. The normalized spacial score (nSPS) is 10.5. The molecule has 1 aromatic heterocycles. The van der Waals surface area contributed by atoms with Gasteiger partial charge in [0.2, 0.25) is 0 Å². The summed E-state index contributed by atoms with van der Waals surface area (Å²) in [5, 5.41) is 11.0. The molecule has 92 valence electrons. The molecule has 0 radical (unpaired) electrons. The predicted molar refractivity (Wildman–Crippen MR) is 75.5 cm³/mol. The molecule has 0 fully saturated rings. The number of benzene rings is 2. The van der Waals surface area contributed by atoms with Crippen molar-refractivity contribution < 1.29 is 0 Å². The van der Waals surface area contributed by atoms with Crippen LogP contribution in [0.5, 0.6) is 0 Å². The Kier molecular flexibility index (Phi) is 2.99. The molecule has 3 rings (SSSR count). The first-order valence-electron chi connectivity index (χ1n) is 6.27. The Labute approximate surface area is 111 Å². The summed E-state index contributed by atoms with van der Waals surface area (Å²) in [6.45, 7) is 0. The van der Waals surface area contributed by atoms with Gasteiger partial charge in [-0.2, -0.15) is 5.26 Å². The molecule has 0 unspecified atom stereocenters. The molecule has 3 nitrogen and oxygen atoms in total. The van der Waals surface area contributed by atoms with Gasteiger partial charge in [-0.15, -0.1) is 0 Å². The van der Waals surface area contributed by atoms with Crippen molar-refractivity contribution in [3.63, 3.8) is 0 Å². The van der Waals surface area contributed by atoms with Crippen LogP contribution in [0.1, 0.15) is 12.2 Å². The Hall–Kier alpha value is -2.60. The van der Waals surface area contributed by atoms with E-state index in [1.807, 2.05) is 18.3 Å². The molecule has 0 atom stereocenters. The zero-order valence-corrected chi connectivity index (χ0v) is 10.4. The fraction of sp³-hybridized carbons (Fsp3) is 0.125. The molecule has 0 aliphatic carbocycles. The summed E-state index contributed by atoms with van der Waals surface area (Å²) in [6.07, 6.45) is 2.99. The number of H-pyrrole nitrogens is 1. The van der Waals surface area contributed by atoms with E-state index in [0.717, 1.165) is 17.1 Å². The number of nitriles is 1. The third kappa shape index (κ3) is 2.34. The smallest absolute Gasteiger partial charge is 0.107 e. The van der Waals surface area contributed by atoms with E-state index >= 15 is 0 Å². The van der Waals surface area contributed by atoms with Crippen molar-refractivity contribution in [2.24, 2.45) is 0 Å². The maximum atomic E-state index is 8.58. The van der Waals surface area contributed by atoms with E-state index in [-0.39, 0.29) is 0 Å². The van der Waals surface area contributed by atoms with Crippen LogP contribution in [0, 0.1) is 11.3 Å². The Bertz CT molecular complexity index is 750. The maximum Gasteiger partial charge on any atom is 0.107 e. The number of aromatic nitrogens is 2. The summed E-state index contributed by atoms with van der Waals surface area (Å²) in [4.78, 5) is 7.57. The lowest BCUT2D eigenvalue weighted by atomic mass is 10.1. The maximum absolute atomic E-state index is 8.58. The molecule has 0 aliphatic heterocycles. The number of imidazole rings is 1. The number of hydrogen-bond donors (Lipinski definition) is 1. The molecular formula is C16H13N3. The first kappa shape index (κ1) is 11.5. The summed E-state index contributed by atoms with van der Waals surface area (Å²) in [7, 11) is 0. The number of aryl methyl sites for hydroxylation is 1. The fourth-order valence-corrected chi connectivity index (χ4v) is 2.17. The van der Waals surface area contributed by atoms with E-state index in [4.69, 9.17) is 5.26 Å². The third-order valence-corrected chi connectivity index (χ3v) is 3.16. The SMILES string of the molecule is N#CCCc1ncc(-c2ccc3ccccc3c2)[nH]1. The van der Waals surface area contributed by atoms with E-state index < -0.39 is 0 Å². The van der Waals surface area contributed by atoms with Crippen LogP contribution in [-0.4, -0.2) is 9.97 Å². The quantitative estimate of drug-likeness (QED) is 0.767. The summed E-state index contributed by atoms with van der Waals surface area (Å²) >= 11 is 0. The minimum atomic E-state index is 0.491. The van der Waals surface area contributed by atoms with Gasteiger partial charge in [-0.1, -0.05) is 36.4 Å². The van der Waals surface area contributed by atoms with E-state index in [1.54, 1.807) is 0 Å². The Morgan fingerprint density at radius 1 is 1.11 bits per heavy atom. The van der Waals surface area contributed by atoms with Crippen LogP contribution in [0.25, 0.3) is 22.0 Å². The molecular weight excluding hydrogens is 234 g/mol. The van der Waals surface area contributed by atoms with Crippen molar-refractivity contribution in [2.45, 2.75) is 12.8 Å². The highest BCUT2D eigenvalue weighted by atomic mass is 14.9. The number of aromatic amines is 1. The Balaban J connectivity index is 1.95. The van der Waals surface area contributed by atoms with Crippen molar-refractivity contribution in [3.05, 3.63) is 54.5 Å². The lowest BCUT2D eigenvalue weighted by molar-refractivity contribution is 0.918. The van der Waals surface area contributed by atoms with Crippen molar-refractivity contribution in [3.8, 4) is 17.3 Å². The number of fused-ring (bicyclic) bond motifs is 1. The second-order valence-electron chi connectivity index (χ2n) is 4.46. The van der Waals surface area contributed by atoms with Gasteiger partial charge in [0.25, 0.3) is 0 Å². The largest absolute Gasteiger partial charge is 0.342 e. The number of nitrogens with one attached hydrogen (secondary N) is 1. The van der Waals surface area contributed by atoms with Gasteiger partial charge < -0.3 is 4.98 Å². The number of nitrogens with zero attached hydrogens (tertiary/aromatic N) is 2. The number of hydrogen-bond acceptors (Lipinski definition) is 2. The predicted octanol–water partition coefficient (Wildman–Crippen LogP) is 3.69. The molecule has 19 heavy (non-hydrogen) atoms. The van der Waals surface area contributed by atoms with E-state index in [9.17, 15) is 0 Å². The molecule has 0 amide bonds. The van der Waals surface area contributed by atoms with Gasteiger partial charge in [0.05, 0.1) is 18.0 Å². The topological polar surface area (TPSA) is 52.5 Å². The van der Waals surface area contributed by atoms with Gasteiger partial charge in [0.1, 0.15) is 5.82 Å². The Morgan fingerprint density at radius 3 is 2.79 bits per heavy atom. The van der Waals surface area contributed by atoms with Crippen LogP contribution < -0.4 is 0 Å². The first-order chi connectivity index (χ1) is 9.36. The summed E-state index contributed by atoms with van der Waals surface area (Å²) in [5.41, 5.74) is 2.12. The minimum Gasteiger partial charge on any atom is -0.342 e. The number of rotatable bonds is 3. The third-order valence-electron chi connectivity index (χ3n) is 3.16. The van der Waals surface area contributed by atoms with Crippen LogP contribution in [-0.2, 0) is 6.42 Å². The molecule has 1 heterocycles. The van der Waals surface area contributed by atoms with Gasteiger partial charge in [-0.05, 0) is 16.8 Å². The molecule has 2 aromatic carbocycles. The molecule has 3 heteroatoms. The first-order valence-corrected chi connectivity index (χ1v) is 6.27. The van der Waals surface area contributed by atoms with Crippen molar-refractivity contribution >= 4 is 10.8 Å². The zero-order valence-electron chi connectivity index (χ0n) is 10.4. The monoisotopic (exact) mass is 247 g/mol. The standard InChI is InChI=1S/C16H13N3/c17-9-3-6-16-18-11-15(19-16)14-8-7-12-4-1-2-5-13(12)10-14/h1-2,4-5,7-8,10-11H,3,6H2,(H,18,19). The zero-order chi connectivity index (χ0) is 13.1. The van der Waals surface area contributed by atoms with Crippen LogP contribution in [0.4, 0.5) is 0 Å². The highest BCUT2D eigenvalue weighted by Crippen LogP contribution is 2.23. The van der Waals surface area contributed by atoms with E-state index in [0.29, 0.717) is 12.8 Å². The summed E-state index contributed by atoms with van der Waals surface area (Å²) in [6, 6.07) is 16.8. The fourth-order valence-electron chi connectivity index (χ4n) is 2.17. The molecule has 0 aliphatic rings. The molecule has 0 saturated carbocycles. The van der Waals surface area contributed by atoms with Crippen LogP contribution >= 0.6 is 0 Å². The van der Waals surface area contributed by atoms with Gasteiger partial charge in [0, 0.05) is 18.4 Å². The lowest BCUT2D eigenvalue weighted by Crippen LogP contribution is -1.86. The Morgan fingerprint density at radius 2 is 1.95 bits per heavy atom. The average molecular weight is 247 g/mol. The average Bonchev–Trinajstić information content (AvgIpc) is 2.93. The van der Waals surface area contributed by atoms with Gasteiger partial charge >= 0.3 is 0 Å². The van der Waals surface area contributed by atoms with Gasteiger partial charge in [0.15, 0.2) is 0 Å². The lowest BCUT2D eigenvalue weighted by Gasteiger charge is -2.01. The van der Waals surface area contributed by atoms with Crippen LogP contribution in [0.2, 0.25) is 0 Å². The molecule has 0 spiro atoms. The molecule has 0 bridgehead atoms. The molecule has 3 aromatic rings. The van der Waals surface area contributed by atoms with E-state index in [2.05, 4.69) is 46.4 Å². The molecule has 1 N–H and O–H groups in total.